The zero-order valence-electron chi connectivity index (χ0n) is 10.8. The molecule has 0 spiro atoms. The lowest BCUT2D eigenvalue weighted by Gasteiger charge is -2.22. The van der Waals surface area contributed by atoms with Gasteiger partial charge in [-0.25, -0.2) is 0 Å². The molecule has 0 heterocycles. The van der Waals surface area contributed by atoms with Gasteiger partial charge in [-0.3, -0.25) is 0 Å². The van der Waals surface area contributed by atoms with Crippen LogP contribution in [0, 0.1) is 5.92 Å². The molecule has 0 bridgehead atoms. The van der Waals surface area contributed by atoms with Crippen LogP contribution in [0.5, 0.6) is 5.75 Å². The molecule has 0 fully saturated rings. The van der Waals surface area contributed by atoms with Crippen LogP contribution in [0.3, 0.4) is 0 Å². The number of hydrogen-bond donors (Lipinski definition) is 1. The van der Waals surface area contributed by atoms with Crippen LogP contribution in [-0.2, 0) is 0 Å². The van der Waals surface area contributed by atoms with Crippen LogP contribution in [0.1, 0.15) is 46.3 Å². The van der Waals surface area contributed by atoms with E-state index in [2.05, 4.69) is 0 Å². The SMILES string of the molecule is CC(C)C(O)c1cccc(OC(C)(C)C)c1. The van der Waals surface area contributed by atoms with Crippen molar-refractivity contribution in [3.8, 4) is 5.75 Å². The van der Waals surface area contributed by atoms with Crippen molar-refractivity contribution in [2.24, 2.45) is 5.92 Å². The summed E-state index contributed by atoms with van der Waals surface area (Å²) in [7, 11) is 0. The number of benzene rings is 1. The summed E-state index contributed by atoms with van der Waals surface area (Å²) in [5, 5.41) is 9.96. The summed E-state index contributed by atoms with van der Waals surface area (Å²) in [5.41, 5.74) is 0.707. The second-order valence-electron chi connectivity index (χ2n) is 5.48. The molecule has 0 radical (unpaired) electrons. The van der Waals surface area contributed by atoms with Crippen LogP contribution in [-0.4, -0.2) is 10.7 Å². The summed E-state index contributed by atoms with van der Waals surface area (Å²) in [5.74, 6) is 1.02. The normalized spacial score (nSPS) is 13.9. The van der Waals surface area contributed by atoms with E-state index in [0.29, 0.717) is 0 Å². The Bertz CT molecular complexity index is 337. The molecule has 16 heavy (non-hydrogen) atoms. The molecule has 1 unspecified atom stereocenters. The summed E-state index contributed by atoms with van der Waals surface area (Å²) >= 11 is 0. The van der Waals surface area contributed by atoms with E-state index in [9.17, 15) is 5.11 Å². The zero-order valence-corrected chi connectivity index (χ0v) is 10.8. The summed E-state index contributed by atoms with van der Waals surface area (Å²) in [4.78, 5) is 0. The summed E-state index contributed by atoms with van der Waals surface area (Å²) in [6, 6.07) is 7.68. The maximum absolute atomic E-state index is 9.96. The zero-order chi connectivity index (χ0) is 12.3. The molecule has 1 aromatic carbocycles. The molecular formula is C14H22O2. The van der Waals surface area contributed by atoms with Crippen LogP contribution in [0.25, 0.3) is 0 Å². The topological polar surface area (TPSA) is 29.5 Å². The van der Waals surface area contributed by atoms with E-state index in [4.69, 9.17) is 4.74 Å². The smallest absolute Gasteiger partial charge is 0.120 e. The van der Waals surface area contributed by atoms with Crippen LogP contribution in [0.2, 0.25) is 0 Å². The Balaban J connectivity index is 2.87. The van der Waals surface area contributed by atoms with E-state index in [1.807, 2.05) is 58.9 Å². The molecule has 0 aromatic heterocycles. The number of aliphatic hydroxyl groups excluding tert-OH is 1. The van der Waals surface area contributed by atoms with Crippen molar-refractivity contribution in [3.05, 3.63) is 29.8 Å². The maximum atomic E-state index is 9.96. The summed E-state index contributed by atoms with van der Waals surface area (Å²) < 4.78 is 5.76. The van der Waals surface area contributed by atoms with Gasteiger partial charge in [-0.15, -0.1) is 0 Å². The minimum absolute atomic E-state index is 0.207. The molecule has 0 aliphatic heterocycles. The lowest BCUT2D eigenvalue weighted by molar-refractivity contribution is 0.120. The summed E-state index contributed by atoms with van der Waals surface area (Å²) in [6.45, 7) is 10.0. The van der Waals surface area contributed by atoms with Crippen molar-refractivity contribution in [2.45, 2.75) is 46.3 Å². The van der Waals surface area contributed by atoms with Gasteiger partial charge in [0.15, 0.2) is 0 Å². The third-order valence-electron chi connectivity index (χ3n) is 2.26. The molecule has 0 amide bonds. The van der Waals surface area contributed by atoms with Crippen molar-refractivity contribution in [1.82, 2.24) is 0 Å². The second-order valence-corrected chi connectivity index (χ2v) is 5.48. The van der Waals surface area contributed by atoms with Crippen LogP contribution < -0.4 is 4.74 Å². The van der Waals surface area contributed by atoms with E-state index in [1.165, 1.54) is 0 Å². The Morgan fingerprint density at radius 2 is 1.81 bits per heavy atom. The van der Waals surface area contributed by atoms with Gasteiger partial charge >= 0.3 is 0 Å². The second kappa shape index (κ2) is 4.88. The Labute approximate surface area is 98.3 Å². The maximum Gasteiger partial charge on any atom is 0.120 e. The summed E-state index contributed by atoms with van der Waals surface area (Å²) in [6.07, 6.45) is -0.427. The predicted octanol–water partition coefficient (Wildman–Crippen LogP) is 3.55. The van der Waals surface area contributed by atoms with Gasteiger partial charge in [0.25, 0.3) is 0 Å². The van der Waals surface area contributed by atoms with Crippen molar-refractivity contribution < 1.29 is 9.84 Å². The Morgan fingerprint density at radius 3 is 2.31 bits per heavy atom. The lowest BCUT2D eigenvalue weighted by atomic mass is 9.99. The van der Waals surface area contributed by atoms with Gasteiger partial charge in [0.2, 0.25) is 0 Å². The first-order chi connectivity index (χ1) is 7.29. The molecule has 1 aromatic rings. The molecule has 90 valence electrons. The van der Waals surface area contributed by atoms with Crippen LogP contribution >= 0.6 is 0 Å². The Kier molecular flexibility index (Phi) is 3.98. The highest BCUT2D eigenvalue weighted by molar-refractivity contribution is 5.30. The van der Waals surface area contributed by atoms with Gasteiger partial charge in [-0.05, 0) is 44.4 Å². The number of rotatable bonds is 3. The number of aliphatic hydroxyl groups is 1. The molecule has 2 heteroatoms. The van der Waals surface area contributed by atoms with Gasteiger partial charge in [-0.1, -0.05) is 26.0 Å². The van der Waals surface area contributed by atoms with E-state index in [-0.39, 0.29) is 11.5 Å². The first-order valence-electron chi connectivity index (χ1n) is 5.76. The van der Waals surface area contributed by atoms with E-state index in [1.54, 1.807) is 0 Å². The third kappa shape index (κ3) is 3.86. The molecule has 2 nitrogen and oxygen atoms in total. The van der Waals surface area contributed by atoms with Gasteiger partial charge in [0.1, 0.15) is 11.4 Å². The lowest BCUT2D eigenvalue weighted by Crippen LogP contribution is -2.23. The minimum atomic E-state index is -0.427. The Hall–Kier alpha value is -1.02. The molecule has 1 atom stereocenters. The highest BCUT2D eigenvalue weighted by atomic mass is 16.5. The fourth-order valence-electron chi connectivity index (χ4n) is 1.50. The molecule has 1 N–H and O–H groups in total. The fraction of sp³-hybridized carbons (Fsp3) is 0.571. The average molecular weight is 222 g/mol. The monoisotopic (exact) mass is 222 g/mol. The van der Waals surface area contributed by atoms with Crippen molar-refractivity contribution in [1.29, 1.82) is 0 Å². The first kappa shape index (κ1) is 13.0. The molecule has 0 saturated heterocycles. The molecular weight excluding hydrogens is 200 g/mol. The molecule has 0 saturated carbocycles. The first-order valence-corrected chi connectivity index (χ1v) is 5.76. The van der Waals surface area contributed by atoms with Gasteiger partial charge in [0, 0.05) is 0 Å². The van der Waals surface area contributed by atoms with Gasteiger partial charge in [0.05, 0.1) is 6.10 Å². The minimum Gasteiger partial charge on any atom is -0.488 e. The number of ether oxygens (including phenoxy) is 1. The average Bonchev–Trinajstić information content (AvgIpc) is 2.14. The quantitative estimate of drug-likeness (QED) is 0.847. The fourth-order valence-corrected chi connectivity index (χ4v) is 1.50. The standard InChI is InChI=1S/C14H22O2/c1-10(2)13(15)11-7-6-8-12(9-11)16-14(3,4)5/h6-10,13,15H,1-5H3. The van der Waals surface area contributed by atoms with E-state index >= 15 is 0 Å². The van der Waals surface area contributed by atoms with Crippen molar-refractivity contribution >= 4 is 0 Å². The molecule has 0 aliphatic carbocycles. The largest absolute Gasteiger partial charge is 0.488 e. The Morgan fingerprint density at radius 1 is 1.19 bits per heavy atom. The van der Waals surface area contributed by atoms with Crippen molar-refractivity contribution in [3.63, 3.8) is 0 Å². The van der Waals surface area contributed by atoms with Gasteiger partial charge < -0.3 is 9.84 Å². The molecule has 0 aliphatic rings. The number of hydrogen-bond acceptors (Lipinski definition) is 2. The highest BCUT2D eigenvalue weighted by Gasteiger charge is 2.15. The van der Waals surface area contributed by atoms with E-state index in [0.717, 1.165) is 11.3 Å². The predicted molar refractivity (Wildman–Crippen MR) is 66.6 cm³/mol. The van der Waals surface area contributed by atoms with Crippen LogP contribution in [0.4, 0.5) is 0 Å². The highest BCUT2D eigenvalue weighted by Crippen LogP contribution is 2.26. The third-order valence-corrected chi connectivity index (χ3v) is 2.26. The van der Waals surface area contributed by atoms with Crippen molar-refractivity contribution in [2.75, 3.05) is 0 Å². The molecule has 1 rings (SSSR count). The van der Waals surface area contributed by atoms with Gasteiger partial charge in [-0.2, -0.15) is 0 Å². The van der Waals surface area contributed by atoms with Crippen LogP contribution in [0.15, 0.2) is 24.3 Å². The van der Waals surface area contributed by atoms with E-state index < -0.39 is 6.10 Å².